The van der Waals surface area contributed by atoms with E-state index in [0.717, 1.165) is 5.56 Å². The van der Waals surface area contributed by atoms with Crippen molar-refractivity contribution in [3.05, 3.63) is 65.2 Å². The average Bonchev–Trinajstić information content (AvgIpc) is 2.46. The zero-order valence-electron chi connectivity index (χ0n) is 10.3. The minimum Gasteiger partial charge on any atom is -0.508 e. The summed E-state index contributed by atoms with van der Waals surface area (Å²) in [6, 6.07) is 14.1. The first-order valence-corrected chi connectivity index (χ1v) is 6.44. The lowest BCUT2D eigenvalue weighted by molar-refractivity contribution is 0.0950. The van der Waals surface area contributed by atoms with Crippen molar-refractivity contribution in [2.75, 3.05) is 0 Å². The van der Waals surface area contributed by atoms with Gasteiger partial charge in [-0.15, -0.1) is 11.6 Å². The molecule has 98 valence electrons. The van der Waals surface area contributed by atoms with Gasteiger partial charge in [-0.2, -0.15) is 0 Å². The summed E-state index contributed by atoms with van der Waals surface area (Å²) in [6.07, 6.45) is 0. The summed E-state index contributed by atoms with van der Waals surface area (Å²) in [6.45, 7) is 0.288. The van der Waals surface area contributed by atoms with Gasteiger partial charge in [0.25, 0.3) is 5.91 Å². The molecular weight excluding hydrogens is 262 g/mol. The number of para-hydroxylation sites is 1. The monoisotopic (exact) mass is 275 g/mol. The molecule has 4 heteroatoms. The zero-order chi connectivity index (χ0) is 13.7. The van der Waals surface area contributed by atoms with E-state index in [-0.39, 0.29) is 18.2 Å². The van der Waals surface area contributed by atoms with Crippen LogP contribution < -0.4 is 5.32 Å². The molecule has 0 heterocycles. The number of carbonyl (C=O) groups is 1. The van der Waals surface area contributed by atoms with Gasteiger partial charge in [0.05, 0.1) is 0 Å². The molecule has 0 radical (unpaired) electrons. The second kappa shape index (κ2) is 6.25. The molecule has 3 nitrogen and oxygen atoms in total. The Morgan fingerprint density at radius 2 is 1.95 bits per heavy atom. The third-order valence-electron chi connectivity index (χ3n) is 2.77. The number of phenolic OH excluding ortho intramolecular Hbond substituents is 1. The van der Waals surface area contributed by atoms with E-state index in [9.17, 15) is 9.90 Å². The van der Waals surface area contributed by atoms with Crippen LogP contribution in [-0.2, 0) is 12.4 Å². The van der Waals surface area contributed by atoms with Crippen LogP contribution in [0.2, 0.25) is 0 Å². The molecule has 0 bridgehead atoms. The third-order valence-corrected chi connectivity index (χ3v) is 3.08. The molecule has 0 unspecified atom stereocenters. The van der Waals surface area contributed by atoms with Crippen LogP contribution in [-0.4, -0.2) is 11.0 Å². The molecule has 0 saturated carbocycles. The lowest BCUT2D eigenvalue weighted by Crippen LogP contribution is -2.22. The Hall–Kier alpha value is -2.00. The molecule has 0 fully saturated rings. The molecule has 19 heavy (non-hydrogen) atoms. The van der Waals surface area contributed by atoms with Crippen LogP contribution in [0, 0.1) is 0 Å². The highest BCUT2D eigenvalue weighted by Crippen LogP contribution is 2.15. The van der Waals surface area contributed by atoms with Crippen molar-refractivity contribution < 1.29 is 9.90 Å². The molecule has 0 aromatic heterocycles. The number of alkyl halides is 1. The smallest absolute Gasteiger partial charge is 0.251 e. The van der Waals surface area contributed by atoms with Crippen LogP contribution in [0.25, 0.3) is 0 Å². The highest BCUT2D eigenvalue weighted by molar-refractivity contribution is 6.17. The van der Waals surface area contributed by atoms with E-state index in [1.165, 1.54) is 0 Å². The van der Waals surface area contributed by atoms with Crippen LogP contribution in [0.1, 0.15) is 21.5 Å². The maximum atomic E-state index is 12.0. The predicted octanol–water partition coefficient (Wildman–Crippen LogP) is 3.06. The number of phenols is 1. The Labute approximate surface area is 116 Å². The van der Waals surface area contributed by atoms with E-state index in [1.54, 1.807) is 36.4 Å². The fourth-order valence-corrected chi connectivity index (χ4v) is 1.90. The van der Waals surface area contributed by atoms with E-state index in [2.05, 4.69) is 5.32 Å². The van der Waals surface area contributed by atoms with Gasteiger partial charge in [0, 0.05) is 23.6 Å². The molecule has 2 rings (SSSR count). The minimum atomic E-state index is -0.185. The van der Waals surface area contributed by atoms with Gasteiger partial charge in [-0.3, -0.25) is 4.79 Å². The molecule has 0 aliphatic heterocycles. The first-order valence-electron chi connectivity index (χ1n) is 5.90. The Balaban J connectivity index is 2.03. The number of amides is 1. The maximum absolute atomic E-state index is 12.0. The van der Waals surface area contributed by atoms with Gasteiger partial charge < -0.3 is 10.4 Å². The largest absolute Gasteiger partial charge is 0.508 e. The summed E-state index contributed by atoms with van der Waals surface area (Å²) >= 11 is 5.73. The van der Waals surface area contributed by atoms with Gasteiger partial charge in [0.1, 0.15) is 5.75 Å². The normalized spacial score (nSPS) is 10.2. The van der Waals surface area contributed by atoms with Crippen molar-refractivity contribution in [3.8, 4) is 5.75 Å². The van der Waals surface area contributed by atoms with Crippen molar-refractivity contribution >= 4 is 17.5 Å². The topological polar surface area (TPSA) is 49.3 Å². The number of benzene rings is 2. The highest BCUT2D eigenvalue weighted by Gasteiger charge is 2.07. The summed E-state index contributed by atoms with van der Waals surface area (Å²) in [5, 5.41) is 12.4. The van der Waals surface area contributed by atoms with Crippen LogP contribution in [0.5, 0.6) is 5.75 Å². The van der Waals surface area contributed by atoms with E-state index in [4.69, 9.17) is 11.6 Å². The Kier molecular flexibility index (Phi) is 4.42. The summed E-state index contributed by atoms with van der Waals surface area (Å²) in [5.41, 5.74) is 2.15. The summed E-state index contributed by atoms with van der Waals surface area (Å²) in [4.78, 5) is 12.0. The first-order chi connectivity index (χ1) is 9.20. The van der Waals surface area contributed by atoms with Gasteiger partial charge in [-0.05, 0) is 23.8 Å². The molecule has 2 N–H and O–H groups in total. The van der Waals surface area contributed by atoms with E-state index >= 15 is 0 Å². The fourth-order valence-electron chi connectivity index (χ4n) is 1.73. The number of hydrogen-bond acceptors (Lipinski definition) is 2. The van der Waals surface area contributed by atoms with Gasteiger partial charge in [-0.1, -0.05) is 30.3 Å². The van der Waals surface area contributed by atoms with Crippen molar-refractivity contribution in [1.82, 2.24) is 5.32 Å². The standard InChI is InChI=1S/C15H14ClNO2/c16-9-11-4-3-6-12(8-11)15(19)17-10-13-5-1-2-7-14(13)18/h1-8,18H,9-10H2,(H,17,19). The van der Waals surface area contributed by atoms with Crippen molar-refractivity contribution in [2.45, 2.75) is 12.4 Å². The number of nitrogens with one attached hydrogen (secondary N) is 1. The van der Waals surface area contributed by atoms with Crippen molar-refractivity contribution in [3.63, 3.8) is 0 Å². The van der Waals surface area contributed by atoms with Crippen LogP contribution in [0.3, 0.4) is 0 Å². The minimum absolute atomic E-state index is 0.178. The zero-order valence-corrected chi connectivity index (χ0v) is 11.0. The molecule has 2 aromatic rings. The maximum Gasteiger partial charge on any atom is 0.251 e. The second-order valence-corrected chi connectivity index (χ2v) is 4.41. The van der Waals surface area contributed by atoms with E-state index in [1.807, 2.05) is 12.1 Å². The Bertz CT molecular complexity index is 584. The van der Waals surface area contributed by atoms with Gasteiger partial charge in [-0.25, -0.2) is 0 Å². The van der Waals surface area contributed by atoms with E-state index in [0.29, 0.717) is 17.0 Å². The number of hydrogen-bond donors (Lipinski definition) is 2. The predicted molar refractivity (Wildman–Crippen MR) is 75.3 cm³/mol. The van der Waals surface area contributed by atoms with Gasteiger partial charge >= 0.3 is 0 Å². The Morgan fingerprint density at radius 3 is 2.68 bits per heavy atom. The van der Waals surface area contributed by atoms with Crippen LogP contribution in [0.4, 0.5) is 0 Å². The Morgan fingerprint density at radius 1 is 1.16 bits per heavy atom. The summed E-state index contributed by atoms with van der Waals surface area (Å²) in [5.74, 6) is 0.369. The molecule has 0 aliphatic rings. The number of aromatic hydroxyl groups is 1. The fraction of sp³-hybridized carbons (Fsp3) is 0.133. The van der Waals surface area contributed by atoms with Crippen molar-refractivity contribution in [1.29, 1.82) is 0 Å². The molecule has 1 amide bonds. The molecule has 0 aliphatic carbocycles. The van der Waals surface area contributed by atoms with Gasteiger partial charge in [0.2, 0.25) is 0 Å². The molecular formula is C15H14ClNO2. The number of carbonyl (C=O) groups excluding carboxylic acids is 1. The quantitative estimate of drug-likeness (QED) is 0.843. The number of halogens is 1. The van der Waals surface area contributed by atoms with Gasteiger partial charge in [0.15, 0.2) is 0 Å². The van der Waals surface area contributed by atoms with Crippen LogP contribution in [0.15, 0.2) is 48.5 Å². The highest BCUT2D eigenvalue weighted by atomic mass is 35.5. The van der Waals surface area contributed by atoms with Crippen molar-refractivity contribution in [2.24, 2.45) is 0 Å². The average molecular weight is 276 g/mol. The summed E-state index contributed by atoms with van der Waals surface area (Å²) < 4.78 is 0. The van der Waals surface area contributed by atoms with Crippen LogP contribution >= 0.6 is 11.6 Å². The molecule has 0 saturated heterocycles. The summed E-state index contributed by atoms with van der Waals surface area (Å²) in [7, 11) is 0. The number of rotatable bonds is 4. The molecule has 2 aromatic carbocycles. The second-order valence-electron chi connectivity index (χ2n) is 4.15. The molecule has 0 atom stereocenters. The molecule has 0 spiro atoms. The SMILES string of the molecule is O=C(NCc1ccccc1O)c1cccc(CCl)c1. The first kappa shape index (κ1) is 13.4. The van der Waals surface area contributed by atoms with E-state index < -0.39 is 0 Å². The lowest BCUT2D eigenvalue weighted by Gasteiger charge is -2.07. The lowest BCUT2D eigenvalue weighted by atomic mass is 10.1. The third kappa shape index (κ3) is 3.48.